The van der Waals surface area contributed by atoms with Crippen LogP contribution in [0.3, 0.4) is 0 Å². The van der Waals surface area contributed by atoms with E-state index in [1.54, 1.807) is 21.3 Å². The van der Waals surface area contributed by atoms with Crippen LogP contribution >= 0.6 is 0 Å². The maximum atomic E-state index is 5.42. The fourth-order valence-corrected chi connectivity index (χ4v) is 2.89. The number of rotatable bonds is 10. The molecule has 2 aromatic rings. The second-order valence-corrected chi connectivity index (χ2v) is 6.11. The first-order chi connectivity index (χ1) is 12.2. The van der Waals surface area contributed by atoms with E-state index in [-0.39, 0.29) is 0 Å². The zero-order valence-electron chi connectivity index (χ0n) is 15.7. The molecule has 0 amide bonds. The molecule has 0 aliphatic rings. The van der Waals surface area contributed by atoms with Gasteiger partial charge in [0.25, 0.3) is 0 Å². The van der Waals surface area contributed by atoms with Gasteiger partial charge in [0.1, 0.15) is 5.75 Å². The lowest BCUT2D eigenvalue weighted by Crippen LogP contribution is -2.22. The van der Waals surface area contributed by atoms with E-state index < -0.39 is 0 Å². The summed E-state index contributed by atoms with van der Waals surface area (Å²) in [5.41, 5.74) is 2.35. The Balaban J connectivity index is 2.10. The van der Waals surface area contributed by atoms with Gasteiger partial charge in [0.05, 0.1) is 21.3 Å². The molecule has 1 atom stereocenters. The summed E-state index contributed by atoms with van der Waals surface area (Å²) in [4.78, 5) is 0. The summed E-state index contributed by atoms with van der Waals surface area (Å²) in [7, 11) is 5.02. The number of ether oxygens (including phenoxy) is 3. The van der Waals surface area contributed by atoms with Crippen LogP contribution in [0.25, 0.3) is 0 Å². The molecule has 0 saturated carbocycles. The monoisotopic (exact) mass is 343 g/mol. The maximum Gasteiger partial charge on any atom is 0.160 e. The molecule has 0 radical (unpaired) electrons. The van der Waals surface area contributed by atoms with Gasteiger partial charge in [0.15, 0.2) is 11.5 Å². The third-order valence-corrected chi connectivity index (χ3v) is 4.30. The number of unbranched alkanes of at least 4 members (excludes halogenated alkanes) is 1. The molecule has 0 aliphatic carbocycles. The molecule has 0 aliphatic heterocycles. The Bertz CT molecular complexity index is 640. The highest BCUT2D eigenvalue weighted by molar-refractivity contribution is 5.48. The normalized spacial score (nSPS) is 11.7. The van der Waals surface area contributed by atoms with Crippen LogP contribution in [-0.2, 0) is 6.42 Å². The quantitative estimate of drug-likeness (QED) is 0.664. The minimum atomic E-state index is 0.367. The third-order valence-electron chi connectivity index (χ3n) is 4.30. The van der Waals surface area contributed by atoms with Gasteiger partial charge in [-0.1, -0.05) is 25.8 Å². The Hall–Kier alpha value is -2.36. The maximum absolute atomic E-state index is 5.42. The smallest absolute Gasteiger partial charge is 0.160 e. The van der Waals surface area contributed by atoms with Crippen LogP contribution in [0.4, 0.5) is 5.69 Å². The highest BCUT2D eigenvalue weighted by Gasteiger charge is 2.12. The Morgan fingerprint density at radius 1 is 0.880 bits per heavy atom. The molecular weight excluding hydrogens is 314 g/mol. The van der Waals surface area contributed by atoms with Crippen molar-refractivity contribution >= 4 is 5.69 Å². The lowest BCUT2D eigenvalue weighted by atomic mass is 10.00. The van der Waals surface area contributed by atoms with Crippen molar-refractivity contribution in [3.05, 3.63) is 48.0 Å². The van der Waals surface area contributed by atoms with Gasteiger partial charge in [-0.3, -0.25) is 0 Å². The van der Waals surface area contributed by atoms with E-state index in [0.717, 1.165) is 35.8 Å². The first kappa shape index (κ1) is 19.0. The summed E-state index contributed by atoms with van der Waals surface area (Å²) < 4.78 is 16.0. The molecule has 2 rings (SSSR count). The number of hydrogen-bond acceptors (Lipinski definition) is 4. The Labute approximate surface area is 151 Å². The average molecular weight is 343 g/mol. The second kappa shape index (κ2) is 9.82. The van der Waals surface area contributed by atoms with Crippen LogP contribution in [0.1, 0.15) is 31.7 Å². The van der Waals surface area contributed by atoms with Crippen molar-refractivity contribution in [1.29, 1.82) is 0 Å². The molecule has 0 saturated heterocycles. The van der Waals surface area contributed by atoms with Crippen molar-refractivity contribution in [2.75, 3.05) is 26.6 Å². The first-order valence-electron chi connectivity index (χ1n) is 8.81. The Kier molecular flexibility index (Phi) is 7.45. The van der Waals surface area contributed by atoms with Gasteiger partial charge in [0, 0.05) is 11.7 Å². The van der Waals surface area contributed by atoms with Gasteiger partial charge in [-0.05, 0) is 54.8 Å². The molecule has 0 aromatic heterocycles. The fraction of sp³-hybridized carbons (Fsp3) is 0.429. The number of anilines is 1. The topological polar surface area (TPSA) is 39.7 Å². The number of nitrogens with one attached hydrogen (secondary N) is 1. The highest BCUT2D eigenvalue weighted by Crippen LogP contribution is 2.28. The summed E-state index contributed by atoms with van der Waals surface area (Å²) in [5.74, 6) is 2.41. The van der Waals surface area contributed by atoms with E-state index >= 15 is 0 Å². The lowest BCUT2D eigenvalue weighted by Gasteiger charge is -2.21. The Morgan fingerprint density at radius 3 is 2.20 bits per heavy atom. The van der Waals surface area contributed by atoms with Gasteiger partial charge in [-0.15, -0.1) is 0 Å². The summed E-state index contributed by atoms with van der Waals surface area (Å²) in [6, 6.07) is 14.6. The van der Waals surface area contributed by atoms with E-state index in [0.29, 0.717) is 6.04 Å². The van der Waals surface area contributed by atoms with E-state index in [4.69, 9.17) is 14.2 Å². The average Bonchev–Trinajstić information content (AvgIpc) is 2.66. The van der Waals surface area contributed by atoms with Crippen molar-refractivity contribution in [2.45, 2.75) is 38.6 Å². The van der Waals surface area contributed by atoms with E-state index in [9.17, 15) is 0 Å². The molecule has 0 spiro atoms. The zero-order valence-corrected chi connectivity index (χ0v) is 15.7. The molecule has 136 valence electrons. The third kappa shape index (κ3) is 5.59. The molecule has 0 bridgehead atoms. The molecule has 1 N–H and O–H groups in total. The SMILES string of the molecule is CCCC[C@H](Cc1ccc(OC)c(OC)c1)Nc1ccc(OC)cc1. The Morgan fingerprint density at radius 2 is 1.60 bits per heavy atom. The molecule has 0 heterocycles. The second-order valence-electron chi connectivity index (χ2n) is 6.11. The van der Waals surface area contributed by atoms with Crippen molar-refractivity contribution in [2.24, 2.45) is 0 Å². The number of methoxy groups -OCH3 is 3. The molecule has 4 heteroatoms. The summed E-state index contributed by atoms with van der Waals surface area (Å²) >= 11 is 0. The predicted molar refractivity (Wildman–Crippen MR) is 103 cm³/mol. The minimum Gasteiger partial charge on any atom is -0.497 e. The molecule has 4 nitrogen and oxygen atoms in total. The van der Waals surface area contributed by atoms with Crippen LogP contribution in [0.5, 0.6) is 17.2 Å². The van der Waals surface area contributed by atoms with E-state index in [2.05, 4.69) is 36.5 Å². The molecular formula is C21H29NO3. The molecule has 2 aromatic carbocycles. The number of hydrogen-bond donors (Lipinski definition) is 1. The van der Waals surface area contributed by atoms with Crippen LogP contribution in [0.2, 0.25) is 0 Å². The zero-order chi connectivity index (χ0) is 18.1. The van der Waals surface area contributed by atoms with Crippen molar-refractivity contribution < 1.29 is 14.2 Å². The van der Waals surface area contributed by atoms with Crippen LogP contribution in [0, 0.1) is 0 Å². The minimum absolute atomic E-state index is 0.367. The molecule has 0 unspecified atom stereocenters. The predicted octanol–water partition coefficient (Wildman–Crippen LogP) is 4.93. The van der Waals surface area contributed by atoms with Crippen molar-refractivity contribution in [1.82, 2.24) is 0 Å². The number of benzene rings is 2. The first-order valence-corrected chi connectivity index (χ1v) is 8.81. The highest BCUT2D eigenvalue weighted by atomic mass is 16.5. The summed E-state index contributed by atoms with van der Waals surface area (Å²) in [5, 5.41) is 3.65. The van der Waals surface area contributed by atoms with Crippen molar-refractivity contribution in [3.8, 4) is 17.2 Å². The molecule has 0 fully saturated rings. The van der Waals surface area contributed by atoms with Gasteiger partial charge in [-0.2, -0.15) is 0 Å². The van der Waals surface area contributed by atoms with Crippen LogP contribution < -0.4 is 19.5 Å². The van der Waals surface area contributed by atoms with E-state index in [1.807, 2.05) is 18.2 Å². The standard InChI is InChI=1S/C21H29NO3/c1-5-6-7-18(22-17-9-11-19(23-2)12-10-17)14-16-8-13-20(24-3)21(15-16)25-4/h8-13,15,18,22H,5-7,14H2,1-4H3/t18-/m1/s1. The fourth-order valence-electron chi connectivity index (χ4n) is 2.89. The largest absolute Gasteiger partial charge is 0.497 e. The van der Waals surface area contributed by atoms with Crippen LogP contribution in [0.15, 0.2) is 42.5 Å². The van der Waals surface area contributed by atoms with Crippen molar-refractivity contribution in [3.63, 3.8) is 0 Å². The van der Waals surface area contributed by atoms with Crippen LogP contribution in [-0.4, -0.2) is 27.4 Å². The summed E-state index contributed by atoms with van der Waals surface area (Å²) in [6.07, 6.45) is 4.44. The lowest BCUT2D eigenvalue weighted by molar-refractivity contribution is 0.354. The van der Waals surface area contributed by atoms with Gasteiger partial charge < -0.3 is 19.5 Å². The van der Waals surface area contributed by atoms with E-state index in [1.165, 1.54) is 18.4 Å². The van der Waals surface area contributed by atoms with Gasteiger partial charge in [-0.25, -0.2) is 0 Å². The summed E-state index contributed by atoms with van der Waals surface area (Å²) in [6.45, 7) is 2.22. The van der Waals surface area contributed by atoms with Gasteiger partial charge >= 0.3 is 0 Å². The molecule has 25 heavy (non-hydrogen) atoms. The van der Waals surface area contributed by atoms with Gasteiger partial charge in [0.2, 0.25) is 0 Å².